The van der Waals surface area contributed by atoms with Crippen LogP contribution in [0.1, 0.15) is 40.0 Å². The van der Waals surface area contributed by atoms with E-state index in [1.807, 2.05) is 0 Å². The lowest BCUT2D eigenvalue weighted by molar-refractivity contribution is -0.267. The third-order valence-electron chi connectivity index (χ3n) is 7.36. The number of aliphatic hydroxyl groups is 1. The Bertz CT molecular complexity index is 1570. The van der Waals surface area contributed by atoms with Gasteiger partial charge in [-0.05, 0) is 55.3 Å². The summed E-state index contributed by atoms with van der Waals surface area (Å²) < 4.78 is 117. The van der Waals surface area contributed by atoms with Crippen molar-refractivity contribution in [3.8, 4) is 28.5 Å². The standard InChI is InChI=1S/C28H24F7N3O5/c1-41-22-17(16(24(36)39)8-9-19(22)43-15-6-7-15)11-26(40,28(33,34)35)20-10-18-23(42-12-25(18,37)27(30,31)32)21(38-20)13-2-4-14(29)5-3-13/h2-5,8-10,15,40H,6-7,11-12,37H2,1H3,(H2,36,39)/t25-,26+/m1/s1. The summed E-state index contributed by atoms with van der Waals surface area (Å²) in [5, 5.41) is 11.4. The van der Waals surface area contributed by atoms with Crippen molar-refractivity contribution in [3.05, 3.63) is 70.7 Å². The molecule has 0 spiro atoms. The van der Waals surface area contributed by atoms with Crippen molar-refractivity contribution >= 4 is 5.91 Å². The number of hydrogen-bond acceptors (Lipinski definition) is 7. The summed E-state index contributed by atoms with van der Waals surface area (Å²) in [6, 6.07) is 6.70. The first-order valence-electron chi connectivity index (χ1n) is 12.8. The molecule has 0 unspecified atom stereocenters. The number of aromatic nitrogens is 1. The number of alkyl halides is 6. The van der Waals surface area contributed by atoms with Gasteiger partial charge in [-0.25, -0.2) is 9.37 Å². The van der Waals surface area contributed by atoms with Crippen LogP contribution < -0.4 is 25.7 Å². The lowest BCUT2D eigenvalue weighted by Crippen LogP contribution is -2.52. The molecule has 5 rings (SSSR count). The molecule has 0 radical (unpaired) electrons. The third-order valence-corrected chi connectivity index (χ3v) is 7.36. The van der Waals surface area contributed by atoms with Gasteiger partial charge in [0.1, 0.15) is 18.1 Å². The molecule has 3 aromatic rings. The van der Waals surface area contributed by atoms with E-state index in [1.54, 1.807) is 0 Å². The summed E-state index contributed by atoms with van der Waals surface area (Å²) in [5.41, 5.74) is -0.102. The van der Waals surface area contributed by atoms with Crippen LogP contribution in [0.25, 0.3) is 11.3 Å². The molecular formula is C28H24F7N3O5. The van der Waals surface area contributed by atoms with Crippen molar-refractivity contribution in [2.24, 2.45) is 11.5 Å². The van der Waals surface area contributed by atoms with Crippen LogP contribution in [-0.2, 0) is 17.6 Å². The van der Waals surface area contributed by atoms with Crippen LogP contribution in [0.3, 0.4) is 0 Å². The first kappa shape index (κ1) is 30.4. The number of carbonyl (C=O) groups excluding carboxylic acids is 1. The van der Waals surface area contributed by atoms with Crippen LogP contribution in [-0.4, -0.2) is 48.2 Å². The Morgan fingerprint density at radius 3 is 2.30 bits per heavy atom. The molecule has 1 saturated carbocycles. The van der Waals surface area contributed by atoms with Gasteiger partial charge in [0.05, 0.1) is 18.9 Å². The molecule has 5 N–H and O–H groups in total. The highest BCUT2D eigenvalue weighted by Crippen LogP contribution is 2.52. The number of primary amides is 1. The van der Waals surface area contributed by atoms with Crippen molar-refractivity contribution in [1.29, 1.82) is 0 Å². The van der Waals surface area contributed by atoms with E-state index in [2.05, 4.69) is 4.98 Å². The Hall–Kier alpha value is -4.11. The number of hydrogen-bond donors (Lipinski definition) is 3. The average Bonchev–Trinajstić information content (AvgIpc) is 3.67. The smallest absolute Gasteiger partial charge is 0.423 e. The predicted molar refractivity (Wildman–Crippen MR) is 136 cm³/mol. The maximum absolute atomic E-state index is 14.9. The highest BCUT2D eigenvalue weighted by Gasteiger charge is 2.61. The lowest BCUT2D eigenvalue weighted by Gasteiger charge is -2.33. The molecule has 2 atom stereocenters. The predicted octanol–water partition coefficient (Wildman–Crippen LogP) is 4.64. The first-order chi connectivity index (χ1) is 20.0. The summed E-state index contributed by atoms with van der Waals surface area (Å²) >= 11 is 0. The Balaban J connectivity index is 1.77. The molecule has 0 saturated heterocycles. The number of pyridine rings is 1. The summed E-state index contributed by atoms with van der Waals surface area (Å²) in [4.78, 5) is 16.2. The van der Waals surface area contributed by atoms with Gasteiger partial charge in [0.25, 0.3) is 0 Å². The van der Waals surface area contributed by atoms with Crippen LogP contribution in [0.15, 0.2) is 42.5 Å². The van der Waals surface area contributed by atoms with Crippen LogP contribution in [0.5, 0.6) is 17.2 Å². The van der Waals surface area contributed by atoms with Crippen molar-refractivity contribution in [2.75, 3.05) is 13.7 Å². The monoisotopic (exact) mass is 615 g/mol. The zero-order valence-electron chi connectivity index (χ0n) is 22.3. The van der Waals surface area contributed by atoms with E-state index in [9.17, 15) is 40.6 Å². The summed E-state index contributed by atoms with van der Waals surface area (Å²) in [7, 11) is 1.10. The summed E-state index contributed by atoms with van der Waals surface area (Å²) in [5.74, 6) is -2.87. The number of halogens is 7. The zero-order chi connectivity index (χ0) is 31.5. The normalized spacial score (nSPS) is 19.8. The van der Waals surface area contributed by atoms with E-state index in [0.29, 0.717) is 18.9 Å². The van der Waals surface area contributed by atoms with Crippen LogP contribution in [0.4, 0.5) is 30.7 Å². The van der Waals surface area contributed by atoms with E-state index >= 15 is 0 Å². The second-order valence-corrected chi connectivity index (χ2v) is 10.3. The molecule has 230 valence electrons. The van der Waals surface area contributed by atoms with Crippen LogP contribution in [0, 0.1) is 5.82 Å². The van der Waals surface area contributed by atoms with Gasteiger partial charge in [-0.3, -0.25) is 4.79 Å². The Kier molecular flexibility index (Phi) is 7.24. The second-order valence-electron chi connectivity index (χ2n) is 10.3. The topological polar surface area (TPSA) is 130 Å². The fourth-order valence-corrected chi connectivity index (χ4v) is 4.81. The van der Waals surface area contributed by atoms with Gasteiger partial charge in [0, 0.05) is 28.7 Å². The van der Waals surface area contributed by atoms with Gasteiger partial charge in [-0.1, -0.05) is 0 Å². The molecule has 1 aliphatic heterocycles. The number of nitrogens with zero attached hydrogens (tertiary/aromatic N) is 1. The molecule has 1 amide bonds. The van der Waals surface area contributed by atoms with Gasteiger partial charge < -0.3 is 30.8 Å². The molecule has 2 aromatic carbocycles. The van der Waals surface area contributed by atoms with Gasteiger partial charge in [0.2, 0.25) is 11.5 Å². The molecular weight excluding hydrogens is 591 g/mol. The van der Waals surface area contributed by atoms with Gasteiger partial charge >= 0.3 is 12.4 Å². The number of methoxy groups -OCH3 is 1. The maximum Gasteiger partial charge on any atom is 0.423 e. The van der Waals surface area contributed by atoms with Crippen molar-refractivity contribution < 1.29 is 54.8 Å². The summed E-state index contributed by atoms with van der Waals surface area (Å²) in [6.07, 6.45) is -11.2. The van der Waals surface area contributed by atoms with E-state index in [-0.39, 0.29) is 23.2 Å². The summed E-state index contributed by atoms with van der Waals surface area (Å²) in [6.45, 7) is -1.20. The van der Waals surface area contributed by atoms with Crippen LogP contribution in [0.2, 0.25) is 0 Å². The minimum atomic E-state index is -5.60. The number of fused-ring (bicyclic) bond motifs is 1. The van der Waals surface area contributed by atoms with Crippen molar-refractivity contribution in [3.63, 3.8) is 0 Å². The van der Waals surface area contributed by atoms with E-state index in [0.717, 1.165) is 37.4 Å². The van der Waals surface area contributed by atoms with Crippen LogP contribution >= 0.6 is 0 Å². The van der Waals surface area contributed by atoms with E-state index in [1.165, 1.54) is 6.07 Å². The number of carbonyl (C=O) groups is 1. The Morgan fingerprint density at radius 1 is 1.12 bits per heavy atom. The number of benzene rings is 2. The molecule has 0 bridgehead atoms. The fourth-order valence-electron chi connectivity index (χ4n) is 4.81. The number of rotatable bonds is 8. The second kappa shape index (κ2) is 10.3. The SMILES string of the molecule is COc1c(OC2CC2)ccc(C(N)=O)c1C[C@](O)(c1cc2c(c(-c3ccc(F)cc3)n1)OC[C@]2(N)C(F)(F)F)C(F)(F)F. The maximum atomic E-state index is 14.9. The number of amides is 1. The Morgan fingerprint density at radius 2 is 1.77 bits per heavy atom. The highest BCUT2D eigenvalue weighted by atomic mass is 19.4. The first-order valence-corrected chi connectivity index (χ1v) is 12.8. The molecule has 1 fully saturated rings. The largest absolute Gasteiger partial charge is 0.493 e. The fraction of sp³-hybridized carbons (Fsp3) is 0.357. The zero-order valence-corrected chi connectivity index (χ0v) is 22.3. The molecule has 15 heteroatoms. The van der Waals surface area contributed by atoms with Crippen molar-refractivity contribution in [2.45, 2.75) is 48.9 Å². The van der Waals surface area contributed by atoms with Gasteiger partial charge in [-0.15, -0.1) is 0 Å². The molecule has 1 aromatic heterocycles. The molecule has 8 nitrogen and oxygen atoms in total. The Labute approximate surface area is 239 Å². The quantitative estimate of drug-likeness (QED) is 0.315. The highest BCUT2D eigenvalue weighted by molar-refractivity contribution is 5.95. The van der Waals surface area contributed by atoms with Gasteiger partial charge in [0.15, 0.2) is 22.8 Å². The van der Waals surface area contributed by atoms with E-state index < -0.39 is 82.1 Å². The van der Waals surface area contributed by atoms with Crippen molar-refractivity contribution in [1.82, 2.24) is 4.98 Å². The van der Waals surface area contributed by atoms with Gasteiger partial charge in [-0.2, -0.15) is 26.3 Å². The third kappa shape index (κ3) is 5.20. The molecule has 2 heterocycles. The van der Waals surface area contributed by atoms with E-state index in [4.69, 9.17) is 25.7 Å². The number of ether oxygens (including phenoxy) is 3. The molecule has 1 aliphatic carbocycles. The average molecular weight is 616 g/mol. The molecule has 2 aliphatic rings. The molecule has 43 heavy (non-hydrogen) atoms. The lowest BCUT2D eigenvalue weighted by atomic mass is 9.83. The number of nitrogens with two attached hydrogens (primary N) is 2. The minimum absolute atomic E-state index is 0.0325. The minimum Gasteiger partial charge on any atom is -0.493 e.